The summed E-state index contributed by atoms with van der Waals surface area (Å²) < 4.78 is 5.11. The monoisotopic (exact) mass is 208 g/mol. The maximum absolute atomic E-state index is 11.3. The van der Waals surface area contributed by atoms with E-state index in [-0.39, 0.29) is 5.75 Å². The van der Waals surface area contributed by atoms with E-state index in [1.807, 2.05) is 17.5 Å². The van der Waals surface area contributed by atoms with E-state index in [1.165, 1.54) is 11.3 Å². The van der Waals surface area contributed by atoms with Gasteiger partial charge in [-0.15, -0.1) is 11.3 Å². The zero-order valence-corrected chi connectivity index (χ0v) is 8.39. The number of rotatable bonds is 3. The molecule has 2 aromatic rings. The fraction of sp³-hybridized carbons (Fsp3) is 0.200. The van der Waals surface area contributed by atoms with Crippen molar-refractivity contribution in [1.82, 2.24) is 0 Å². The highest BCUT2D eigenvalue weighted by Crippen LogP contribution is 2.29. The van der Waals surface area contributed by atoms with Crippen molar-refractivity contribution in [2.24, 2.45) is 0 Å². The quantitative estimate of drug-likeness (QED) is 0.716. The van der Waals surface area contributed by atoms with Crippen molar-refractivity contribution in [3.05, 3.63) is 38.0 Å². The summed E-state index contributed by atoms with van der Waals surface area (Å²) in [5, 5.41) is 1.86. The predicted octanol–water partition coefficient (Wildman–Crippen LogP) is 1.41. The van der Waals surface area contributed by atoms with Gasteiger partial charge in [0.15, 0.2) is 5.75 Å². The molecule has 0 unspecified atom stereocenters. The first-order valence-corrected chi connectivity index (χ1v) is 5.13. The molecule has 0 atom stereocenters. The third kappa shape index (κ3) is 1.19. The van der Waals surface area contributed by atoms with Gasteiger partial charge in [-0.25, -0.2) is 0 Å². The minimum Gasteiger partial charge on any atom is -0.489 e. The molecule has 0 aliphatic carbocycles. The largest absolute Gasteiger partial charge is 0.489 e. The second-order valence-corrected chi connectivity index (χ2v) is 3.72. The van der Waals surface area contributed by atoms with Gasteiger partial charge in [0.05, 0.1) is 12.2 Å². The van der Waals surface area contributed by atoms with E-state index in [0.29, 0.717) is 12.2 Å². The molecule has 1 heterocycles. The molecule has 0 bridgehead atoms. The maximum atomic E-state index is 11.3. The van der Waals surface area contributed by atoms with Gasteiger partial charge in [0, 0.05) is 4.88 Å². The highest BCUT2D eigenvalue weighted by molar-refractivity contribution is 7.13. The molecule has 0 N–H and O–H groups in total. The maximum Gasteiger partial charge on any atom is 0.269 e. The summed E-state index contributed by atoms with van der Waals surface area (Å²) in [6.07, 6.45) is 0. The van der Waals surface area contributed by atoms with Crippen molar-refractivity contribution in [1.29, 1.82) is 0 Å². The van der Waals surface area contributed by atoms with Gasteiger partial charge in [-0.2, -0.15) is 0 Å². The van der Waals surface area contributed by atoms with Crippen molar-refractivity contribution in [2.75, 3.05) is 6.61 Å². The van der Waals surface area contributed by atoms with Crippen LogP contribution in [0.25, 0.3) is 10.4 Å². The summed E-state index contributed by atoms with van der Waals surface area (Å²) in [4.78, 5) is 23.2. The van der Waals surface area contributed by atoms with E-state index in [9.17, 15) is 9.59 Å². The Morgan fingerprint density at radius 2 is 2.14 bits per heavy atom. The molecule has 0 fully saturated rings. The van der Waals surface area contributed by atoms with Crippen molar-refractivity contribution in [2.45, 2.75) is 6.92 Å². The summed E-state index contributed by atoms with van der Waals surface area (Å²) in [6, 6.07) is 3.65. The average molecular weight is 208 g/mol. The Kier molecular flexibility index (Phi) is 2.21. The van der Waals surface area contributed by atoms with Crippen LogP contribution in [0.4, 0.5) is 0 Å². The molecule has 72 valence electrons. The normalized spacial score (nSPS) is 10.6. The van der Waals surface area contributed by atoms with Crippen LogP contribution in [-0.4, -0.2) is 6.61 Å². The summed E-state index contributed by atoms with van der Waals surface area (Å²) >= 11 is 1.43. The molecule has 1 aromatic heterocycles. The number of thiophene rings is 1. The van der Waals surface area contributed by atoms with Crippen LogP contribution in [0.15, 0.2) is 27.1 Å². The van der Waals surface area contributed by atoms with E-state index in [0.717, 1.165) is 4.88 Å². The van der Waals surface area contributed by atoms with Gasteiger partial charge in [0.25, 0.3) is 5.43 Å². The molecule has 0 amide bonds. The minimum atomic E-state index is -0.504. The number of hydrogen-bond acceptors (Lipinski definition) is 4. The van der Waals surface area contributed by atoms with Crippen LogP contribution in [0.1, 0.15) is 6.92 Å². The molecule has 4 heteroatoms. The predicted molar refractivity (Wildman–Crippen MR) is 55.8 cm³/mol. The van der Waals surface area contributed by atoms with Gasteiger partial charge in [-0.1, -0.05) is 6.07 Å². The number of ether oxygens (including phenoxy) is 1. The molecule has 3 nitrogen and oxygen atoms in total. The third-order valence-corrected chi connectivity index (χ3v) is 2.81. The topological polar surface area (TPSA) is 43.4 Å². The van der Waals surface area contributed by atoms with Crippen LogP contribution in [-0.2, 0) is 0 Å². The number of hydrogen-bond donors (Lipinski definition) is 0. The molecule has 14 heavy (non-hydrogen) atoms. The van der Waals surface area contributed by atoms with Gasteiger partial charge < -0.3 is 4.74 Å². The molecule has 0 aliphatic heterocycles. The Hall–Kier alpha value is -1.42. The third-order valence-electron chi connectivity index (χ3n) is 1.92. The smallest absolute Gasteiger partial charge is 0.269 e. The van der Waals surface area contributed by atoms with E-state index < -0.39 is 10.9 Å². The second-order valence-electron chi connectivity index (χ2n) is 2.77. The lowest BCUT2D eigenvalue weighted by atomic mass is 10.1. The SMILES string of the molecule is CCOc1c(-c2cccs2)c(=O)c1=O. The summed E-state index contributed by atoms with van der Waals surface area (Å²) in [5.41, 5.74) is -0.502. The van der Waals surface area contributed by atoms with E-state index in [1.54, 1.807) is 6.92 Å². The lowest BCUT2D eigenvalue weighted by molar-refractivity contribution is 0.334. The fourth-order valence-electron chi connectivity index (χ4n) is 1.30. The summed E-state index contributed by atoms with van der Waals surface area (Å²) in [6.45, 7) is 2.19. The molecular formula is C10H8O3S. The lowest BCUT2D eigenvalue weighted by Gasteiger charge is -2.08. The fourth-order valence-corrected chi connectivity index (χ4v) is 2.06. The van der Waals surface area contributed by atoms with Crippen molar-refractivity contribution in [3.8, 4) is 16.2 Å². The van der Waals surface area contributed by atoms with Crippen LogP contribution in [0.5, 0.6) is 5.75 Å². The van der Waals surface area contributed by atoms with Crippen LogP contribution < -0.4 is 15.6 Å². The molecule has 2 rings (SSSR count). The zero-order chi connectivity index (χ0) is 10.1. The Morgan fingerprint density at radius 3 is 2.71 bits per heavy atom. The van der Waals surface area contributed by atoms with Gasteiger partial charge in [0.1, 0.15) is 0 Å². The van der Waals surface area contributed by atoms with Crippen molar-refractivity contribution in [3.63, 3.8) is 0 Å². The first kappa shape index (κ1) is 9.15. The van der Waals surface area contributed by atoms with Crippen molar-refractivity contribution >= 4 is 11.3 Å². The molecule has 0 radical (unpaired) electrons. The average Bonchev–Trinajstić information content (AvgIpc) is 2.70. The van der Waals surface area contributed by atoms with Crippen LogP contribution >= 0.6 is 11.3 Å². The van der Waals surface area contributed by atoms with E-state index >= 15 is 0 Å². The second kappa shape index (κ2) is 3.38. The zero-order valence-electron chi connectivity index (χ0n) is 7.57. The van der Waals surface area contributed by atoms with E-state index in [2.05, 4.69) is 0 Å². The Morgan fingerprint density at radius 1 is 1.36 bits per heavy atom. The van der Waals surface area contributed by atoms with Crippen LogP contribution in [0, 0.1) is 0 Å². The lowest BCUT2D eigenvalue weighted by Crippen LogP contribution is -2.34. The van der Waals surface area contributed by atoms with E-state index in [4.69, 9.17) is 4.74 Å². The summed E-state index contributed by atoms with van der Waals surface area (Å²) in [7, 11) is 0. The Balaban J connectivity index is 2.50. The van der Waals surface area contributed by atoms with Crippen molar-refractivity contribution < 1.29 is 4.74 Å². The Bertz CT molecular complexity index is 504. The van der Waals surface area contributed by atoms with Crippen LogP contribution in [0.3, 0.4) is 0 Å². The first-order chi connectivity index (χ1) is 6.75. The molecule has 0 aliphatic rings. The molecule has 0 saturated heterocycles. The van der Waals surface area contributed by atoms with Gasteiger partial charge >= 0.3 is 0 Å². The molecular weight excluding hydrogens is 200 g/mol. The molecule has 1 aromatic carbocycles. The molecule has 0 saturated carbocycles. The van der Waals surface area contributed by atoms with Crippen LogP contribution in [0.2, 0.25) is 0 Å². The first-order valence-electron chi connectivity index (χ1n) is 4.25. The van der Waals surface area contributed by atoms with Gasteiger partial charge in [-0.05, 0) is 18.4 Å². The van der Waals surface area contributed by atoms with Gasteiger partial charge in [0.2, 0.25) is 5.43 Å². The standard InChI is InChI=1S/C10H8O3S/c1-2-13-10-7(8(11)9(10)12)6-4-3-5-14-6/h3-5H,2H2,1H3. The Labute approximate surface area is 84.3 Å². The highest BCUT2D eigenvalue weighted by atomic mass is 32.1. The molecule has 0 spiro atoms. The van der Waals surface area contributed by atoms with Gasteiger partial charge in [-0.3, -0.25) is 9.59 Å². The highest BCUT2D eigenvalue weighted by Gasteiger charge is 2.23. The summed E-state index contributed by atoms with van der Waals surface area (Å²) in [5.74, 6) is 0.222. The minimum absolute atomic E-state index is 0.222.